The molecule has 2 aromatic carbocycles. The number of anilines is 1. The molecule has 0 saturated heterocycles. The highest BCUT2D eigenvalue weighted by atomic mass is 32.2. The van der Waals surface area contributed by atoms with Crippen LogP contribution in [0.1, 0.15) is 18.1 Å². The number of rotatable bonds is 5. The average Bonchev–Trinajstić information content (AvgIpc) is 2.46. The fraction of sp³-hybridized carbons (Fsp3) is 0.133. The van der Waals surface area contributed by atoms with Gasteiger partial charge in [0.2, 0.25) is 0 Å². The maximum atomic E-state index is 12.0. The van der Waals surface area contributed by atoms with Crippen molar-refractivity contribution >= 4 is 21.4 Å². The highest BCUT2D eigenvalue weighted by Gasteiger charge is 2.10. The first-order valence-electron chi connectivity index (χ1n) is 6.40. The van der Waals surface area contributed by atoms with Crippen LogP contribution in [0, 0.1) is 0 Å². The Bertz CT molecular complexity index is 741. The van der Waals surface area contributed by atoms with Crippen molar-refractivity contribution in [3.8, 4) is 0 Å². The number of hydrazone groups is 1. The number of hydrogen-bond donors (Lipinski definition) is 2. The molecule has 0 amide bonds. The standard InChI is InChI=1S/C15H17N3O2S/c1-12(14-9-5-6-10-15(14)16)17-18-21(19,20)11-13-7-3-2-4-8-13/h2-10,18H,11,16H2,1H3. The van der Waals surface area contributed by atoms with Crippen molar-refractivity contribution in [3.05, 3.63) is 65.7 Å². The second-order valence-electron chi connectivity index (χ2n) is 4.62. The molecule has 2 rings (SSSR count). The fourth-order valence-corrected chi connectivity index (χ4v) is 2.82. The minimum absolute atomic E-state index is 0.116. The van der Waals surface area contributed by atoms with Gasteiger partial charge in [0, 0.05) is 11.3 Å². The quantitative estimate of drug-likeness (QED) is 0.504. The predicted octanol–water partition coefficient (Wildman–Crippen LogP) is 2.11. The molecule has 3 N–H and O–H groups in total. The van der Waals surface area contributed by atoms with E-state index in [0.29, 0.717) is 22.5 Å². The Morgan fingerprint density at radius 1 is 1.10 bits per heavy atom. The summed E-state index contributed by atoms with van der Waals surface area (Å²) in [6, 6.07) is 16.1. The Balaban J connectivity index is 2.11. The van der Waals surface area contributed by atoms with Crippen molar-refractivity contribution in [1.29, 1.82) is 0 Å². The van der Waals surface area contributed by atoms with E-state index in [0.717, 1.165) is 0 Å². The SMILES string of the molecule is CC(=NNS(=O)(=O)Cc1ccccc1)c1ccccc1N. The molecule has 5 nitrogen and oxygen atoms in total. The van der Waals surface area contributed by atoms with Gasteiger partial charge in [-0.05, 0) is 18.6 Å². The summed E-state index contributed by atoms with van der Waals surface area (Å²) in [6.45, 7) is 1.71. The number of nitrogens with one attached hydrogen (secondary N) is 1. The topological polar surface area (TPSA) is 84.5 Å². The zero-order valence-electron chi connectivity index (χ0n) is 11.7. The molecule has 0 aliphatic carbocycles. The van der Waals surface area contributed by atoms with Gasteiger partial charge >= 0.3 is 0 Å². The Kier molecular flexibility index (Phi) is 4.59. The first kappa shape index (κ1) is 15.1. The third-order valence-electron chi connectivity index (χ3n) is 2.90. The number of para-hydroxylation sites is 1. The second-order valence-corrected chi connectivity index (χ2v) is 6.32. The zero-order chi connectivity index (χ0) is 15.3. The Morgan fingerprint density at radius 2 is 1.71 bits per heavy atom. The van der Waals surface area contributed by atoms with Gasteiger partial charge in [0.05, 0.1) is 11.5 Å². The van der Waals surface area contributed by atoms with Crippen LogP contribution in [-0.2, 0) is 15.8 Å². The predicted molar refractivity (Wildman–Crippen MR) is 85.3 cm³/mol. The van der Waals surface area contributed by atoms with Gasteiger partial charge in [-0.15, -0.1) is 0 Å². The van der Waals surface area contributed by atoms with Crippen molar-refractivity contribution in [1.82, 2.24) is 4.83 Å². The summed E-state index contributed by atoms with van der Waals surface area (Å²) in [6.07, 6.45) is 0. The summed E-state index contributed by atoms with van der Waals surface area (Å²) < 4.78 is 23.9. The first-order chi connectivity index (χ1) is 9.98. The largest absolute Gasteiger partial charge is 0.398 e. The third-order valence-corrected chi connectivity index (χ3v) is 3.99. The molecular weight excluding hydrogens is 286 g/mol. The number of sulfonamides is 1. The van der Waals surface area contributed by atoms with Crippen LogP contribution in [0.5, 0.6) is 0 Å². The highest BCUT2D eigenvalue weighted by Crippen LogP contribution is 2.11. The molecule has 6 heteroatoms. The lowest BCUT2D eigenvalue weighted by molar-refractivity contribution is 0.583. The van der Waals surface area contributed by atoms with Crippen LogP contribution < -0.4 is 10.6 Å². The van der Waals surface area contributed by atoms with Crippen molar-refractivity contribution < 1.29 is 8.42 Å². The minimum Gasteiger partial charge on any atom is -0.398 e. The van der Waals surface area contributed by atoms with Gasteiger partial charge in [-0.3, -0.25) is 0 Å². The van der Waals surface area contributed by atoms with Crippen LogP contribution in [0.25, 0.3) is 0 Å². The maximum Gasteiger partial charge on any atom is 0.251 e. The molecule has 2 aromatic rings. The van der Waals surface area contributed by atoms with E-state index in [1.54, 1.807) is 43.3 Å². The second kappa shape index (κ2) is 6.41. The van der Waals surface area contributed by atoms with Gasteiger partial charge in [-0.1, -0.05) is 48.5 Å². The Hall–Kier alpha value is -2.34. The van der Waals surface area contributed by atoms with E-state index in [2.05, 4.69) is 9.93 Å². The van der Waals surface area contributed by atoms with E-state index in [1.807, 2.05) is 18.2 Å². The minimum atomic E-state index is -3.53. The Morgan fingerprint density at radius 3 is 2.38 bits per heavy atom. The number of nitrogen functional groups attached to an aromatic ring is 1. The van der Waals surface area contributed by atoms with Gasteiger partial charge in [-0.25, -0.2) is 13.2 Å². The average molecular weight is 303 g/mol. The number of benzene rings is 2. The lowest BCUT2D eigenvalue weighted by Gasteiger charge is -2.07. The van der Waals surface area contributed by atoms with Crippen LogP contribution in [-0.4, -0.2) is 14.1 Å². The summed E-state index contributed by atoms with van der Waals surface area (Å²) in [4.78, 5) is 2.24. The van der Waals surface area contributed by atoms with Gasteiger partial charge in [0.1, 0.15) is 0 Å². The van der Waals surface area contributed by atoms with E-state index in [4.69, 9.17) is 5.73 Å². The van der Waals surface area contributed by atoms with E-state index in [-0.39, 0.29) is 5.75 Å². The van der Waals surface area contributed by atoms with Crippen LogP contribution >= 0.6 is 0 Å². The molecule has 0 heterocycles. The molecular formula is C15H17N3O2S. The number of nitrogens with two attached hydrogens (primary N) is 1. The van der Waals surface area contributed by atoms with Crippen molar-refractivity contribution in [2.24, 2.45) is 5.10 Å². The molecule has 0 aliphatic rings. The van der Waals surface area contributed by atoms with Crippen LogP contribution in [0.2, 0.25) is 0 Å². The smallest absolute Gasteiger partial charge is 0.251 e. The molecule has 0 aromatic heterocycles. The molecule has 110 valence electrons. The van der Waals surface area contributed by atoms with Crippen molar-refractivity contribution in [2.75, 3.05) is 5.73 Å². The molecule has 0 unspecified atom stereocenters. The third kappa shape index (κ3) is 4.32. The summed E-state index contributed by atoms with van der Waals surface area (Å²) in [5, 5.41) is 3.92. The number of nitrogens with zero attached hydrogens (tertiary/aromatic N) is 1. The fourth-order valence-electron chi connectivity index (χ4n) is 1.85. The van der Waals surface area contributed by atoms with E-state index >= 15 is 0 Å². The lowest BCUT2D eigenvalue weighted by atomic mass is 10.1. The molecule has 0 saturated carbocycles. The molecule has 0 atom stereocenters. The van der Waals surface area contributed by atoms with Crippen molar-refractivity contribution in [3.63, 3.8) is 0 Å². The van der Waals surface area contributed by atoms with Crippen molar-refractivity contribution in [2.45, 2.75) is 12.7 Å². The maximum absolute atomic E-state index is 12.0. The van der Waals surface area contributed by atoms with E-state index in [9.17, 15) is 8.42 Å². The first-order valence-corrected chi connectivity index (χ1v) is 8.06. The van der Waals surface area contributed by atoms with E-state index in [1.165, 1.54) is 0 Å². The molecule has 0 fully saturated rings. The molecule has 21 heavy (non-hydrogen) atoms. The van der Waals surface area contributed by atoms with Gasteiger partial charge in [0.15, 0.2) is 0 Å². The van der Waals surface area contributed by atoms with Crippen LogP contribution in [0.15, 0.2) is 59.7 Å². The molecule has 0 radical (unpaired) electrons. The monoisotopic (exact) mass is 303 g/mol. The molecule has 0 aliphatic heterocycles. The van der Waals surface area contributed by atoms with Gasteiger partial charge in [-0.2, -0.15) is 5.10 Å². The van der Waals surface area contributed by atoms with E-state index < -0.39 is 10.0 Å². The summed E-state index contributed by atoms with van der Waals surface area (Å²) in [5.74, 6) is -0.116. The van der Waals surface area contributed by atoms with Gasteiger partial charge < -0.3 is 5.73 Å². The van der Waals surface area contributed by atoms with Crippen LogP contribution in [0.3, 0.4) is 0 Å². The summed E-state index contributed by atoms with van der Waals surface area (Å²) in [7, 11) is -3.53. The summed E-state index contributed by atoms with van der Waals surface area (Å²) >= 11 is 0. The zero-order valence-corrected chi connectivity index (χ0v) is 12.5. The molecule has 0 spiro atoms. The Labute approximate surface area is 124 Å². The lowest BCUT2D eigenvalue weighted by Crippen LogP contribution is -2.21. The normalized spacial score (nSPS) is 12.1. The van der Waals surface area contributed by atoms with Gasteiger partial charge in [0.25, 0.3) is 10.0 Å². The molecule has 0 bridgehead atoms. The number of hydrogen-bond acceptors (Lipinski definition) is 4. The van der Waals surface area contributed by atoms with Crippen LogP contribution in [0.4, 0.5) is 5.69 Å². The highest BCUT2D eigenvalue weighted by molar-refractivity contribution is 7.88. The summed E-state index contributed by atoms with van der Waals surface area (Å²) in [5.41, 5.74) is 8.31.